The molecule has 38 heavy (non-hydrogen) atoms. The highest BCUT2D eigenvalue weighted by atomic mass is 32.1. The molecule has 0 fully saturated rings. The summed E-state index contributed by atoms with van der Waals surface area (Å²) in [5.41, 5.74) is 1.64. The largest absolute Gasteiger partial charge is 0.208 e. The molecule has 2 heterocycles. The normalized spacial score (nSPS) is 13.1. The van der Waals surface area contributed by atoms with E-state index >= 15 is 4.39 Å². The predicted molar refractivity (Wildman–Crippen MR) is 154 cm³/mol. The Morgan fingerprint density at radius 1 is 0.579 bits per heavy atom. The molecular weight excluding hydrogens is 489 g/mol. The van der Waals surface area contributed by atoms with Crippen molar-refractivity contribution < 1.29 is 11.2 Å². The van der Waals surface area contributed by atoms with Gasteiger partial charge in [-0.2, -0.15) is 0 Å². The molecular formula is C33H20FN3S. The van der Waals surface area contributed by atoms with E-state index in [4.69, 9.17) is 21.8 Å². The summed E-state index contributed by atoms with van der Waals surface area (Å²) in [6.45, 7) is 0. The second-order valence-electron chi connectivity index (χ2n) is 8.65. The van der Waals surface area contributed by atoms with Crippen LogP contribution in [0.1, 0.15) is 6.85 Å². The Morgan fingerprint density at radius 3 is 2.13 bits per heavy atom. The third-order valence-corrected chi connectivity index (χ3v) is 7.53. The lowest BCUT2D eigenvalue weighted by molar-refractivity contribution is 0.631. The number of rotatable bonds is 4. The van der Waals surface area contributed by atoms with Gasteiger partial charge in [0.05, 0.1) is 6.85 Å². The molecule has 0 aliphatic heterocycles. The lowest BCUT2D eigenvalue weighted by Crippen LogP contribution is -2.00. The maximum Gasteiger partial charge on any atom is 0.165 e. The second kappa shape index (κ2) is 9.29. The molecule has 0 N–H and O–H groups in total. The number of hydrogen-bond acceptors (Lipinski definition) is 4. The van der Waals surface area contributed by atoms with Gasteiger partial charge in [0, 0.05) is 42.4 Å². The van der Waals surface area contributed by atoms with Gasteiger partial charge in [-0.15, -0.1) is 11.3 Å². The van der Waals surface area contributed by atoms with Crippen molar-refractivity contribution in [1.82, 2.24) is 15.0 Å². The molecule has 5 heteroatoms. The average Bonchev–Trinajstić information content (AvgIpc) is 3.43. The quantitative estimate of drug-likeness (QED) is 0.235. The molecule has 0 bridgehead atoms. The van der Waals surface area contributed by atoms with E-state index in [1.54, 1.807) is 11.3 Å². The Balaban J connectivity index is 1.47. The first-order valence-electron chi connectivity index (χ1n) is 14.4. The van der Waals surface area contributed by atoms with E-state index in [0.29, 0.717) is 17.2 Å². The minimum Gasteiger partial charge on any atom is -0.208 e. The molecule has 0 radical (unpaired) electrons. The third-order valence-electron chi connectivity index (χ3n) is 6.31. The van der Waals surface area contributed by atoms with Crippen molar-refractivity contribution in [3.8, 4) is 45.3 Å². The minimum atomic E-state index is -0.727. The summed E-state index contributed by atoms with van der Waals surface area (Å²) in [7, 11) is 0. The molecule has 0 spiro atoms. The Morgan fingerprint density at radius 2 is 1.29 bits per heavy atom. The van der Waals surface area contributed by atoms with E-state index in [2.05, 4.69) is 18.2 Å². The first-order chi connectivity index (χ1) is 20.8. The Kier molecular flexibility index (Phi) is 4.32. The summed E-state index contributed by atoms with van der Waals surface area (Å²) >= 11 is 1.65. The Bertz CT molecular complexity index is 2190. The van der Waals surface area contributed by atoms with Crippen molar-refractivity contribution in [2.24, 2.45) is 0 Å². The van der Waals surface area contributed by atoms with Gasteiger partial charge in [0.1, 0.15) is 5.82 Å². The number of fused-ring (bicyclic) bond motifs is 3. The number of halogens is 1. The zero-order valence-electron chi connectivity index (χ0n) is 24.8. The van der Waals surface area contributed by atoms with Crippen LogP contribution in [0, 0.1) is 5.82 Å². The zero-order chi connectivity index (χ0) is 29.8. The van der Waals surface area contributed by atoms with Crippen molar-refractivity contribution in [1.29, 1.82) is 0 Å². The first kappa shape index (κ1) is 17.7. The topological polar surface area (TPSA) is 38.7 Å². The first-order valence-corrected chi connectivity index (χ1v) is 12.7. The third kappa shape index (κ3) is 3.94. The van der Waals surface area contributed by atoms with Gasteiger partial charge in [-0.3, -0.25) is 0 Å². The van der Waals surface area contributed by atoms with Gasteiger partial charge in [-0.1, -0.05) is 90.9 Å². The van der Waals surface area contributed by atoms with Gasteiger partial charge in [0.25, 0.3) is 0 Å². The minimum absolute atomic E-state index is 0.135. The summed E-state index contributed by atoms with van der Waals surface area (Å²) in [5, 5.41) is 2.23. The fourth-order valence-corrected chi connectivity index (χ4v) is 5.72. The van der Waals surface area contributed by atoms with Crippen molar-refractivity contribution in [2.45, 2.75) is 0 Å². The van der Waals surface area contributed by atoms with Crippen LogP contribution in [-0.2, 0) is 0 Å². The highest BCUT2D eigenvalue weighted by Gasteiger charge is 2.17. The van der Waals surface area contributed by atoms with Crippen LogP contribution in [0.2, 0.25) is 0 Å². The van der Waals surface area contributed by atoms with Crippen molar-refractivity contribution in [3.05, 3.63) is 127 Å². The van der Waals surface area contributed by atoms with Crippen molar-refractivity contribution in [2.75, 3.05) is 0 Å². The molecule has 0 aliphatic rings. The van der Waals surface area contributed by atoms with E-state index in [0.717, 1.165) is 31.3 Å². The summed E-state index contributed by atoms with van der Waals surface area (Å²) in [6.07, 6.45) is 0. The molecule has 0 amide bonds. The fourth-order valence-electron chi connectivity index (χ4n) is 4.51. The lowest BCUT2D eigenvalue weighted by atomic mass is 10.0. The smallest absolute Gasteiger partial charge is 0.165 e. The van der Waals surface area contributed by atoms with Crippen molar-refractivity contribution in [3.63, 3.8) is 0 Å². The summed E-state index contributed by atoms with van der Waals surface area (Å²) < 4.78 is 58.2. The number of nitrogens with zero attached hydrogens (tertiary/aromatic N) is 3. The van der Waals surface area contributed by atoms with Crippen LogP contribution in [-0.4, -0.2) is 15.0 Å². The molecule has 0 atom stereocenters. The van der Waals surface area contributed by atoms with E-state index in [1.807, 2.05) is 54.6 Å². The molecule has 2 aromatic heterocycles. The van der Waals surface area contributed by atoms with Gasteiger partial charge in [0.2, 0.25) is 0 Å². The molecule has 0 aliphatic carbocycles. The molecule has 0 saturated heterocycles. The number of benzene rings is 5. The van der Waals surface area contributed by atoms with Gasteiger partial charge in [0.15, 0.2) is 17.5 Å². The Labute approximate surface area is 230 Å². The average molecular weight is 515 g/mol. The van der Waals surface area contributed by atoms with Gasteiger partial charge in [-0.05, 0) is 35.9 Å². The van der Waals surface area contributed by atoms with Gasteiger partial charge in [-0.25, -0.2) is 19.3 Å². The number of hydrogen-bond donors (Lipinski definition) is 0. The molecule has 180 valence electrons. The monoisotopic (exact) mass is 514 g/mol. The standard InChI is InChI=1S/C33H20FN3S/c34-28-19-18-23(20-27(28)21-10-3-1-4-11-21)32-35-31(22-12-5-2-6-13-22)36-33(37-32)26-16-9-15-25-24-14-7-8-17-29(24)38-30(25)26/h1-20H/i1D,3D,4D,10D,11D. The van der Waals surface area contributed by atoms with Crippen LogP contribution in [0.5, 0.6) is 0 Å². The highest BCUT2D eigenvalue weighted by molar-refractivity contribution is 7.26. The van der Waals surface area contributed by atoms with Crippen LogP contribution in [0.15, 0.2) is 121 Å². The van der Waals surface area contributed by atoms with Gasteiger partial charge >= 0.3 is 0 Å². The molecule has 0 unspecified atom stereocenters. The van der Waals surface area contributed by atoms with E-state index in [-0.39, 0.29) is 17.0 Å². The van der Waals surface area contributed by atoms with Crippen LogP contribution < -0.4 is 0 Å². The molecule has 7 rings (SSSR count). The van der Waals surface area contributed by atoms with E-state index < -0.39 is 36.0 Å². The summed E-state index contributed by atoms with van der Waals surface area (Å²) in [5.74, 6) is 0.396. The second-order valence-corrected chi connectivity index (χ2v) is 9.70. The van der Waals surface area contributed by atoms with Crippen LogP contribution in [0.4, 0.5) is 4.39 Å². The van der Waals surface area contributed by atoms with E-state index in [1.165, 1.54) is 18.2 Å². The fraction of sp³-hybridized carbons (Fsp3) is 0. The van der Waals surface area contributed by atoms with Crippen molar-refractivity contribution >= 4 is 31.5 Å². The summed E-state index contributed by atoms with van der Waals surface area (Å²) in [4.78, 5) is 14.4. The SMILES string of the molecule is [2H]c1c([2H])c([2H])c(-c2cc(-c3nc(-c4ccccc4)nc(-c4cccc5c4sc4ccccc45)n3)ccc2F)c([2H])c1[2H]. The maximum atomic E-state index is 15.3. The predicted octanol–water partition coefficient (Wildman–Crippen LogP) is 9.05. The van der Waals surface area contributed by atoms with Crippen LogP contribution in [0.25, 0.3) is 65.5 Å². The van der Waals surface area contributed by atoms with Crippen LogP contribution in [0.3, 0.4) is 0 Å². The Hall–Kier alpha value is -4.74. The molecule has 3 nitrogen and oxygen atoms in total. The van der Waals surface area contributed by atoms with Crippen LogP contribution >= 0.6 is 11.3 Å². The molecule has 0 saturated carbocycles. The zero-order valence-corrected chi connectivity index (χ0v) is 20.6. The highest BCUT2D eigenvalue weighted by Crippen LogP contribution is 2.39. The number of aromatic nitrogens is 3. The van der Waals surface area contributed by atoms with E-state index in [9.17, 15) is 0 Å². The molecule has 5 aromatic carbocycles. The van der Waals surface area contributed by atoms with Gasteiger partial charge < -0.3 is 0 Å². The maximum absolute atomic E-state index is 15.3. The molecule has 7 aromatic rings. The number of thiophene rings is 1. The summed E-state index contributed by atoms with van der Waals surface area (Å²) in [6, 6.07) is 25.2. The lowest BCUT2D eigenvalue weighted by Gasteiger charge is -2.10.